The van der Waals surface area contributed by atoms with Crippen molar-refractivity contribution in [3.05, 3.63) is 47.1 Å². The summed E-state index contributed by atoms with van der Waals surface area (Å²) >= 11 is 6.49. The Labute approximate surface area is 244 Å². The van der Waals surface area contributed by atoms with Crippen molar-refractivity contribution in [2.45, 2.75) is 19.3 Å². The molecule has 2 aromatic carbocycles. The first-order chi connectivity index (χ1) is 20.0. The van der Waals surface area contributed by atoms with E-state index in [1.165, 1.54) is 6.20 Å². The number of carbonyl (C=O) groups excluding carboxylic acids is 1. The van der Waals surface area contributed by atoms with Crippen molar-refractivity contribution in [2.24, 2.45) is 0 Å². The van der Waals surface area contributed by atoms with Gasteiger partial charge in [-0.25, -0.2) is 4.98 Å². The van der Waals surface area contributed by atoms with Crippen LogP contribution in [0, 0.1) is 0 Å². The summed E-state index contributed by atoms with van der Waals surface area (Å²) in [7, 11) is 4.88. The van der Waals surface area contributed by atoms with Crippen molar-refractivity contribution in [3.63, 3.8) is 0 Å². The Balaban J connectivity index is 1.40. The van der Waals surface area contributed by atoms with Gasteiger partial charge in [-0.2, -0.15) is 4.98 Å². The molecule has 0 saturated carbocycles. The molecule has 0 unspecified atom stereocenters. The van der Waals surface area contributed by atoms with Crippen LogP contribution >= 0.6 is 11.6 Å². The van der Waals surface area contributed by atoms with Gasteiger partial charge in [0.2, 0.25) is 11.9 Å². The summed E-state index contributed by atoms with van der Waals surface area (Å²) in [6.07, 6.45) is 3.44. The van der Waals surface area contributed by atoms with Gasteiger partial charge in [-0.1, -0.05) is 11.6 Å². The molecule has 1 amide bonds. The van der Waals surface area contributed by atoms with E-state index in [0.29, 0.717) is 73.2 Å². The highest BCUT2D eigenvalue weighted by Crippen LogP contribution is 2.40. The molecule has 5 rings (SSSR count). The Morgan fingerprint density at radius 1 is 1.02 bits per heavy atom. The third kappa shape index (κ3) is 6.42. The van der Waals surface area contributed by atoms with Crippen LogP contribution in [0.15, 0.2) is 36.5 Å². The highest BCUT2D eigenvalue weighted by Gasteiger charge is 2.26. The van der Waals surface area contributed by atoms with E-state index in [2.05, 4.69) is 25.5 Å². The molecular formula is C29H35ClN6O5. The van der Waals surface area contributed by atoms with Crippen molar-refractivity contribution in [1.82, 2.24) is 9.97 Å². The van der Waals surface area contributed by atoms with Gasteiger partial charge in [0.25, 0.3) is 0 Å². The fraction of sp³-hybridized carbons (Fsp3) is 0.414. The molecule has 0 radical (unpaired) electrons. The summed E-state index contributed by atoms with van der Waals surface area (Å²) in [6.45, 7) is 3.99. The second-order valence-corrected chi connectivity index (χ2v) is 10.1. The van der Waals surface area contributed by atoms with Gasteiger partial charge >= 0.3 is 0 Å². The number of aromatic nitrogens is 2. The topological polar surface area (TPSA) is 110 Å². The number of methoxy groups -OCH3 is 3. The van der Waals surface area contributed by atoms with E-state index < -0.39 is 0 Å². The molecule has 0 atom stereocenters. The Kier molecular flexibility index (Phi) is 9.28. The molecule has 3 aromatic rings. The molecule has 1 aromatic heterocycles. The molecule has 2 aliphatic heterocycles. The van der Waals surface area contributed by atoms with E-state index in [1.54, 1.807) is 26.2 Å². The van der Waals surface area contributed by atoms with E-state index in [0.717, 1.165) is 42.1 Å². The van der Waals surface area contributed by atoms with Gasteiger partial charge < -0.3 is 39.4 Å². The number of halogens is 1. The van der Waals surface area contributed by atoms with Gasteiger partial charge in [-0.3, -0.25) is 4.79 Å². The first-order valence-electron chi connectivity index (χ1n) is 13.6. The molecule has 1 saturated heterocycles. The number of fused-ring (bicyclic) bond motifs is 1. The fourth-order valence-electron chi connectivity index (χ4n) is 5.12. The lowest BCUT2D eigenvalue weighted by molar-refractivity contribution is -0.118. The van der Waals surface area contributed by atoms with Gasteiger partial charge in [-0.05, 0) is 37.1 Å². The molecular weight excluding hydrogens is 548 g/mol. The number of ether oxygens (including phenoxy) is 4. The summed E-state index contributed by atoms with van der Waals surface area (Å²) < 4.78 is 22.2. The maximum atomic E-state index is 12.8. The number of carbonyl (C=O) groups is 1. The number of amides is 1. The second-order valence-electron chi connectivity index (χ2n) is 9.66. The molecule has 0 aliphatic carbocycles. The SMILES string of the molecule is COCCN1C(=O)CCCc2c1ccc(Nc1ncc(Cl)c(Nc3ccc(N4CCOCC4)cc3OC)n1)c2OC. The third-order valence-electron chi connectivity index (χ3n) is 7.17. The highest BCUT2D eigenvalue weighted by atomic mass is 35.5. The normalized spacial score (nSPS) is 15.3. The maximum Gasteiger partial charge on any atom is 0.229 e. The van der Waals surface area contributed by atoms with Crippen LogP contribution in [0.2, 0.25) is 5.02 Å². The first-order valence-corrected chi connectivity index (χ1v) is 14.0. The number of hydrogen-bond donors (Lipinski definition) is 2. The van der Waals surface area contributed by atoms with E-state index >= 15 is 0 Å². The monoisotopic (exact) mass is 582 g/mol. The first kappa shape index (κ1) is 28.7. The average molecular weight is 583 g/mol. The van der Waals surface area contributed by atoms with Gasteiger partial charge in [0.15, 0.2) is 5.82 Å². The maximum absolute atomic E-state index is 12.8. The van der Waals surface area contributed by atoms with Crippen LogP contribution in [-0.2, 0) is 20.7 Å². The Hall–Kier alpha value is -3.80. The molecule has 0 bridgehead atoms. The van der Waals surface area contributed by atoms with Crippen LogP contribution in [0.1, 0.15) is 18.4 Å². The number of anilines is 6. The van der Waals surface area contributed by atoms with E-state index in [4.69, 9.17) is 30.5 Å². The zero-order chi connectivity index (χ0) is 28.8. The summed E-state index contributed by atoms with van der Waals surface area (Å²) in [4.78, 5) is 25.8. The van der Waals surface area contributed by atoms with Crippen LogP contribution in [0.3, 0.4) is 0 Å². The predicted molar refractivity (Wildman–Crippen MR) is 160 cm³/mol. The summed E-state index contributed by atoms with van der Waals surface area (Å²) in [5.41, 5.74) is 4.26. The van der Waals surface area contributed by atoms with Crippen LogP contribution < -0.4 is 29.9 Å². The van der Waals surface area contributed by atoms with Crippen LogP contribution in [0.5, 0.6) is 11.5 Å². The predicted octanol–water partition coefficient (Wildman–Crippen LogP) is 4.79. The van der Waals surface area contributed by atoms with E-state index in [-0.39, 0.29) is 5.91 Å². The van der Waals surface area contributed by atoms with E-state index in [1.807, 2.05) is 30.3 Å². The Bertz CT molecular complexity index is 1380. The number of morpholine rings is 1. The minimum absolute atomic E-state index is 0.0775. The molecule has 0 spiro atoms. The quantitative estimate of drug-likeness (QED) is 0.346. The largest absolute Gasteiger partial charge is 0.494 e. The summed E-state index contributed by atoms with van der Waals surface area (Å²) in [6, 6.07) is 9.76. The van der Waals surface area contributed by atoms with Crippen molar-refractivity contribution >= 4 is 52.0 Å². The molecule has 11 nitrogen and oxygen atoms in total. The van der Waals surface area contributed by atoms with E-state index in [9.17, 15) is 4.79 Å². The third-order valence-corrected chi connectivity index (χ3v) is 7.45. The standard InChI is InChI=1S/C29H35ClN6O5/c1-38-14-13-36-24-10-9-23(27(40-3)20(24)5-4-6-26(36)37)33-29-31-18-21(30)28(34-29)32-22-8-7-19(17-25(22)39-2)35-11-15-41-16-12-35/h7-10,17-18H,4-6,11-16H2,1-3H3,(H2,31,32,33,34). The van der Waals surface area contributed by atoms with Crippen molar-refractivity contribution in [1.29, 1.82) is 0 Å². The molecule has 12 heteroatoms. The molecule has 3 heterocycles. The number of rotatable bonds is 10. The van der Waals surface area contributed by atoms with Crippen molar-refractivity contribution < 1.29 is 23.7 Å². The average Bonchev–Trinajstić information content (AvgIpc) is 3.16. The summed E-state index contributed by atoms with van der Waals surface area (Å²) in [5, 5.41) is 6.92. The van der Waals surface area contributed by atoms with Gasteiger partial charge in [0.05, 0.1) is 57.3 Å². The minimum Gasteiger partial charge on any atom is -0.494 e. The minimum atomic E-state index is 0.0775. The number of nitrogens with one attached hydrogen (secondary N) is 2. The lowest BCUT2D eigenvalue weighted by atomic mass is 10.0. The molecule has 2 aliphatic rings. The summed E-state index contributed by atoms with van der Waals surface area (Å²) in [5.74, 6) is 2.14. The second kappa shape index (κ2) is 13.2. The number of hydrogen-bond acceptors (Lipinski definition) is 10. The number of nitrogens with zero attached hydrogens (tertiary/aromatic N) is 4. The van der Waals surface area contributed by atoms with Crippen LogP contribution in [0.25, 0.3) is 0 Å². The highest BCUT2D eigenvalue weighted by molar-refractivity contribution is 6.33. The fourth-order valence-corrected chi connectivity index (χ4v) is 5.26. The van der Waals surface area contributed by atoms with Crippen molar-refractivity contribution in [2.75, 3.05) is 81.2 Å². The Morgan fingerprint density at radius 2 is 1.83 bits per heavy atom. The van der Waals surface area contributed by atoms with Gasteiger partial charge in [0, 0.05) is 50.5 Å². The molecule has 41 heavy (non-hydrogen) atoms. The smallest absolute Gasteiger partial charge is 0.229 e. The molecule has 1 fully saturated rings. The lowest BCUT2D eigenvalue weighted by Crippen LogP contribution is -2.36. The van der Waals surface area contributed by atoms with Gasteiger partial charge in [0.1, 0.15) is 16.5 Å². The van der Waals surface area contributed by atoms with Gasteiger partial charge in [-0.15, -0.1) is 0 Å². The lowest BCUT2D eigenvalue weighted by Gasteiger charge is -2.29. The zero-order valence-electron chi connectivity index (χ0n) is 23.5. The Morgan fingerprint density at radius 3 is 2.59 bits per heavy atom. The number of benzene rings is 2. The van der Waals surface area contributed by atoms with Crippen LogP contribution in [-0.4, -0.2) is 76.7 Å². The molecule has 218 valence electrons. The van der Waals surface area contributed by atoms with Crippen molar-refractivity contribution in [3.8, 4) is 11.5 Å². The molecule has 2 N–H and O–H groups in total. The van der Waals surface area contributed by atoms with Crippen LogP contribution in [0.4, 0.5) is 34.5 Å². The zero-order valence-corrected chi connectivity index (χ0v) is 24.3.